The van der Waals surface area contributed by atoms with Gasteiger partial charge in [-0.25, -0.2) is 0 Å². The zero-order valence-corrected chi connectivity index (χ0v) is 16.6. The molecule has 0 aliphatic carbocycles. The molecule has 0 bridgehead atoms. The Hall–Kier alpha value is -1.66. The third-order valence-electron chi connectivity index (χ3n) is 4.71. The summed E-state index contributed by atoms with van der Waals surface area (Å²) in [5.74, 6) is 0. The van der Waals surface area contributed by atoms with Crippen molar-refractivity contribution in [3.8, 4) is 0 Å². The maximum Gasteiger partial charge on any atom is 0.171 e. The van der Waals surface area contributed by atoms with Crippen molar-refractivity contribution in [1.29, 1.82) is 0 Å². The predicted molar refractivity (Wildman–Crippen MR) is 111 cm³/mol. The molecule has 0 amide bonds. The molecule has 1 aliphatic heterocycles. The van der Waals surface area contributed by atoms with Crippen LogP contribution in [0.15, 0.2) is 42.5 Å². The van der Waals surface area contributed by atoms with Gasteiger partial charge < -0.3 is 20.3 Å². The number of anilines is 1. The maximum absolute atomic E-state index is 6.17. The second-order valence-electron chi connectivity index (χ2n) is 6.53. The van der Waals surface area contributed by atoms with Gasteiger partial charge in [0.1, 0.15) is 19.6 Å². The van der Waals surface area contributed by atoms with Crippen molar-refractivity contribution in [3.63, 3.8) is 0 Å². The molecule has 1 fully saturated rings. The molecule has 0 spiro atoms. The summed E-state index contributed by atoms with van der Waals surface area (Å²) in [4.78, 5) is 1.57. The molecule has 2 aromatic carbocycles. The minimum atomic E-state index is 0.601. The van der Waals surface area contributed by atoms with Gasteiger partial charge in [0.25, 0.3) is 0 Å². The third kappa shape index (κ3) is 5.17. The van der Waals surface area contributed by atoms with E-state index < -0.39 is 0 Å². The van der Waals surface area contributed by atoms with Gasteiger partial charge in [-0.2, -0.15) is 0 Å². The molecule has 3 rings (SSSR count). The predicted octanol–water partition coefficient (Wildman–Crippen LogP) is 2.55. The summed E-state index contributed by atoms with van der Waals surface area (Å²) in [5.41, 5.74) is 4.56. The molecule has 0 radical (unpaired) electrons. The molecule has 0 saturated carbocycles. The van der Waals surface area contributed by atoms with Crippen molar-refractivity contribution in [3.05, 3.63) is 64.2 Å². The average molecular weight is 391 g/mol. The lowest BCUT2D eigenvalue weighted by Crippen LogP contribution is -3.12. The lowest BCUT2D eigenvalue weighted by atomic mass is 10.1. The topological polar surface area (TPSA) is 37.7 Å². The number of thiocarbonyl (C=S) groups is 1. The number of nitrogens with one attached hydrogen (secondary N) is 3. The molecule has 1 saturated heterocycles. The molecule has 6 heteroatoms. The van der Waals surface area contributed by atoms with Crippen LogP contribution in [0.1, 0.15) is 16.7 Å². The number of ether oxygens (including phenoxy) is 1. The molecule has 1 aliphatic rings. The van der Waals surface area contributed by atoms with Crippen molar-refractivity contribution >= 4 is 34.6 Å². The van der Waals surface area contributed by atoms with Gasteiger partial charge in [0.15, 0.2) is 5.11 Å². The van der Waals surface area contributed by atoms with Crippen LogP contribution in [0.5, 0.6) is 0 Å². The van der Waals surface area contributed by atoms with Crippen LogP contribution in [0.4, 0.5) is 5.69 Å². The summed E-state index contributed by atoms with van der Waals surface area (Å²) in [6.07, 6.45) is 0. The van der Waals surface area contributed by atoms with Crippen molar-refractivity contribution in [1.82, 2.24) is 5.32 Å². The fourth-order valence-corrected chi connectivity index (χ4v) is 3.45. The Morgan fingerprint density at radius 3 is 2.62 bits per heavy atom. The van der Waals surface area contributed by atoms with Gasteiger partial charge in [-0.1, -0.05) is 41.9 Å². The molecular formula is C20H25ClN3OS+. The van der Waals surface area contributed by atoms with Crippen molar-refractivity contribution < 1.29 is 9.64 Å². The van der Waals surface area contributed by atoms with Crippen molar-refractivity contribution in [2.75, 3.05) is 31.6 Å². The first-order valence-electron chi connectivity index (χ1n) is 8.91. The fourth-order valence-electron chi connectivity index (χ4n) is 3.09. The number of quaternary nitrogens is 1. The molecule has 0 atom stereocenters. The minimum Gasteiger partial charge on any atom is -0.370 e. The Morgan fingerprint density at radius 1 is 1.12 bits per heavy atom. The Morgan fingerprint density at radius 2 is 1.85 bits per heavy atom. The average Bonchev–Trinajstić information content (AvgIpc) is 2.66. The first-order valence-corrected chi connectivity index (χ1v) is 9.70. The smallest absolute Gasteiger partial charge is 0.171 e. The number of morpholine rings is 1. The van der Waals surface area contributed by atoms with Gasteiger partial charge in [0.2, 0.25) is 0 Å². The minimum absolute atomic E-state index is 0.601. The Labute approximate surface area is 165 Å². The molecule has 0 unspecified atom stereocenters. The molecule has 3 N–H and O–H groups in total. The molecule has 0 aromatic heterocycles. The van der Waals surface area contributed by atoms with E-state index in [0.29, 0.717) is 11.7 Å². The highest BCUT2D eigenvalue weighted by Crippen LogP contribution is 2.22. The monoisotopic (exact) mass is 390 g/mol. The summed E-state index contributed by atoms with van der Waals surface area (Å²) < 4.78 is 5.45. The lowest BCUT2D eigenvalue weighted by molar-refractivity contribution is -0.921. The molecule has 26 heavy (non-hydrogen) atoms. The van der Waals surface area contributed by atoms with Gasteiger partial charge in [0.05, 0.1) is 13.2 Å². The summed E-state index contributed by atoms with van der Waals surface area (Å²) in [6, 6.07) is 14.3. The summed E-state index contributed by atoms with van der Waals surface area (Å²) in [5, 5.41) is 7.89. The summed E-state index contributed by atoms with van der Waals surface area (Å²) in [7, 11) is 0. The third-order valence-corrected chi connectivity index (χ3v) is 5.37. The van der Waals surface area contributed by atoms with Gasteiger partial charge in [-0.15, -0.1) is 0 Å². The van der Waals surface area contributed by atoms with Crippen LogP contribution in [0.25, 0.3) is 0 Å². The van der Waals surface area contributed by atoms with E-state index in [2.05, 4.69) is 34.9 Å². The highest BCUT2D eigenvalue weighted by atomic mass is 35.5. The van der Waals surface area contributed by atoms with Gasteiger partial charge >= 0.3 is 0 Å². The number of benzene rings is 2. The molecule has 4 nitrogen and oxygen atoms in total. The zero-order valence-electron chi connectivity index (χ0n) is 15.0. The van der Waals surface area contributed by atoms with Crippen LogP contribution in [0.3, 0.4) is 0 Å². The van der Waals surface area contributed by atoms with Crippen LogP contribution in [-0.2, 0) is 17.8 Å². The standard InChI is InChI=1S/C20H24ClN3OS/c1-15-18(21)7-4-8-19(15)23-20(26)22-13-16-5-2-3-6-17(16)14-24-9-11-25-12-10-24/h2-8H,9-14H2,1H3,(H2,22,23,26)/p+1. The highest BCUT2D eigenvalue weighted by Gasteiger charge is 2.16. The lowest BCUT2D eigenvalue weighted by Gasteiger charge is -2.24. The number of hydrogen-bond donors (Lipinski definition) is 3. The Balaban J connectivity index is 1.58. The van der Waals surface area contributed by atoms with E-state index in [-0.39, 0.29) is 0 Å². The van der Waals surface area contributed by atoms with Gasteiger partial charge in [0, 0.05) is 22.8 Å². The van der Waals surface area contributed by atoms with E-state index in [9.17, 15) is 0 Å². The van der Waals surface area contributed by atoms with Crippen LogP contribution in [-0.4, -0.2) is 31.4 Å². The molecule has 2 aromatic rings. The van der Waals surface area contributed by atoms with Crippen LogP contribution in [0, 0.1) is 6.92 Å². The Bertz CT molecular complexity index is 762. The fraction of sp³-hybridized carbons (Fsp3) is 0.350. The van der Waals surface area contributed by atoms with Gasteiger partial charge in [-0.3, -0.25) is 0 Å². The zero-order chi connectivity index (χ0) is 18.4. The van der Waals surface area contributed by atoms with E-state index in [1.807, 2.05) is 25.1 Å². The number of rotatable bonds is 5. The van der Waals surface area contributed by atoms with Crippen LogP contribution >= 0.6 is 23.8 Å². The summed E-state index contributed by atoms with van der Waals surface area (Å²) in [6.45, 7) is 7.53. The SMILES string of the molecule is Cc1c(Cl)cccc1NC(=S)NCc1ccccc1C[NH+]1CCOCC1. The van der Waals surface area contributed by atoms with E-state index in [4.69, 9.17) is 28.6 Å². The normalized spacial score (nSPS) is 14.8. The second kappa shape index (κ2) is 9.33. The Kier molecular flexibility index (Phi) is 6.86. The van der Waals surface area contributed by atoms with E-state index >= 15 is 0 Å². The largest absolute Gasteiger partial charge is 0.370 e. The van der Waals surface area contributed by atoms with Crippen molar-refractivity contribution in [2.24, 2.45) is 0 Å². The molecular weight excluding hydrogens is 366 g/mol. The summed E-state index contributed by atoms with van der Waals surface area (Å²) >= 11 is 11.6. The number of halogens is 1. The first kappa shape index (κ1) is 19.1. The van der Waals surface area contributed by atoms with E-state index in [1.54, 1.807) is 4.90 Å². The quantitative estimate of drug-likeness (QED) is 0.686. The van der Waals surface area contributed by atoms with E-state index in [1.165, 1.54) is 11.1 Å². The van der Waals surface area contributed by atoms with Gasteiger partial charge in [-0.05, 0) is 42.4 Å². The highest BCUT2D eigenvalue weighted by molar-refractivity contribution is 7.80. The van der Waals surface area contributed by atoms with Crippen LogP contribution < -0.4 is 15.5 Å². The maximum atomic E-state index is 6.17. The molecule has 138 valence electrons. The molecule has 1 heterocycles. The van der Waals surface area contributed by atoms with E-state index in [0.717, 1.165) is 49.1 Å². The van der Waals surface area contributed by atoms with Crippen molar-refractivity contribution in [2.45, 2.75) is 20.0 Å². The number of hydrogen-bond acceptors (Lipinski definition) is 2. The second-order valence-corrected chi connectivity index (χ2v) is 7.34. The van der Waals surface area contributed by atoms with Crippen LogP contribution in [0.2, 0.25) is 5.02 Å². The first-order chi connectivity index (χ1) is 12.6.